The first-order valence-electron chi connectivity index (χ1n) is 7.67. The van der Waals surface area contributed by atoms with Gasteiger partial charge in [0.15, 0.2) is 19.7 Å². The van der Waals surface area contributed by atoms with Gasteiger partial charge in [0.2, 0.25) is 0 Å². The highest BCUT2D eigenvalue weighted by molar-refractivity contribution is 7.91. The lowest BCUT2D eigenvalue weighted by atomic mass is 10.2. The first-order valence-corrected chi connectivity index (χ1v) is 11.3. The number of nitrogens with zero attached hydrogens (tertiary/aromatic N) is 1. The minimum atomic E-state index is -3.06. The Morgan fingerprint density at radius 3 is 2.25 bits per heavy atom. The second-order valence-electron chi connectivity index (χ2n) is 6.25. The molecule has 2 unspecified atom stereocenters. The molecule has 0 aromatic carbocycles. The Morgan fingerprint density at radius 1 is 1.04 bits per heavy atom. The number of hydrogen-bond acceptors (Lipinski definition) is 7. The van der Waals surface area contributed by atoms with Crippen molar-refractivity contribution in [3.8, 4) is 0 Å². The van der Waals surface area contributed by atoms with Crippen molar-refractivity contribution < 1.29 is 21.6 Å². The van der Waals surface area contributed by atoms with Crippen LogP contribution in [0.15, 0.2) is 18.3 Å². The summed E-state index contributed by atoms with van der Waals surface area (Å²) in [7, 11) is -6.05. The van der Waals surface area contributed by atoms with E-state index >= 15 is 0 Å². The molecule has 1 amide bonds. The molecule has 1 aromatic rings. The van der Waals surface area contributed by atoms with Crippen LogP contribution in [-0.4, -0.2) is 62.8 Å². The molecule has 8 nitrogen and oxygen atoms in total. The van der Waals surface area contributed by atoms with Crippen LogP contribution < -0.4 is 10.6 Å². The van der Waals surface area contributed by atoms with E-state index < -0.39 is 25.6 Å². The third-order valence-corrected chi connectivity index (χ3v) is 7.70. The zero-order valence-electron chi connectivity index (χ0n) is 12.9. The van der Waals surface area contributed by atoms with Gasteiger partial charge in [0.05, 0.1) is 23.0 Å². The Balaban J connectivity index is 1.63. The molecule has 2 aliphatic heterocycles. The summed E-state index contributed by atoms with van der Waals surface area (Å²) in [5.41, 5.74) is 0.793. The Morgan fingerprint density at radius 2 is 1.67 bits per heavy atom. The van der Waals surface area contributed by atoms with Gasteiger partial charge in [0.1, 0.15) is 5.69 Å². The third-order valence-electron chi connectivity index (χ3n) is 4.16. The van der Waals surface area contributed by atoms with Crippen LogP contribution in [0.5, 0.6) is 0 Å². The van der Waals surface area contributed by atoms with E-state index in [-0.39, 0.29) is 40.8 Å². The molecule has 0 radical (unpaired) electrons. The fourth-order valence-corrected chi connectivity index (χ4v) is 6.30. The smallest absolute Gasteiger partial charge is 0.270 e. The number of sulfone groups is 2. The molecule has 24 heavy (non-hydrogen) atoms. The summed E-state index contributed by atoms with van der Waals surface area (Å²) in [6.45, 7) is 0. The number of amides is 1. The molecule has 2 saturated heterocycles. The van der Waals surface area contributed by atoms with Gasteiger partial charge in [-0.25, -0.2) is 16.8 Å². The Kier molecular flexibility index (Phi) is 4.52. The van der Waals surface area contributed by atoms with Crippen LogP contribution in [0.4, 0.5) is 5.69 Å². The molecule has 0 aliphatic carbocycles. The molecule has 0 bridgehead atoms. The lowest BCUT2D eigenvalue weighted by molar-refractivity contribution is 0.0936. The van der Waals surface area contributed by atoms with Gasteiger partial charge in [-0.1, -0.05) is 0 Å². The zero-order valence-corrected chi connectivity index (χ0v) is 14.6. The van der Waals surface area contributed by atoms with E-state index in [4.69, 9.17) is 0 Å². The van der Waals surface area contributed by atoms with Gasteiger partial charge < -0.3 is 10.6 Å². The highest BCUT2D eigenvalue weighted by Gasteiger charge is 2.30. The van der Waals surface area contributed by atoms with Crippen molar-refractivity contribution in [2.45, 2.75) is 24.9 Å². The number of nitrogens with one attached hydrogen (secondary N) is 2. The lowest BCUT2D eigenvalue weighted by Crippen LogP contribution is -2.36. The molecular weight excluding hydrogens is 354 g/mol. The first kappa shape index (κ1) is 17.2. The van der Waals surface area contributed by atoms with Gasteiger partial charge >= 0.3 is 0 Å². The van der Waals surface area contributed by atoms with Crippen LogP contribution in [-0.2, 0) is 19.7 Å². The van der Waals surface area contributed by atoms with Crippen LogP contribution in [0.3, 0.4) is 0 Å². The van der Waals surface area contributed by atoms with Gasteiger partial charge in [0.25, 0.3) is 5.91 Å². The molecule has 0 saturated carbocycles. The number of aromatic nitrogens is 1. The van der Waals surface area contributed by atoms with Crippen LogP contribution in [0.25, 0.3) is 0 Å². The van der Waals surface area contributed by atoms with Crippen LogP contribution in [0.2, 0.25) is 0 Å². The predicted octanol–water partition coefficient (Wildman–Crippen LogP) is -0.402. The molecule has 10 heteroatoms. The molecule has 1 aromatic heterocycles. The zero-order chi connectivity index (χ0) is 17.4. The van der Waals surface area contributed by atoms with Crippen LogP contribution in [0.1, 0.15) is 23.3 Å². The van der Waals surface area contributed by atoms with E-state index in [2.05, 4.69) is 15.6 Å². The SMILES string of the molecule is O=C(NC1CCS(=O)(=O)C1)c1cc(NC2CCS(=O)(=O)C2)ccn1. The Hall–Kier alpha value is -1.68. The second-order valence-corrected chi connectivity index (χ2v) is 10.7. The fraction of sp³-hybridized carbons (Fsp3) is 0.571. The van der Waals surface area contributed by atoms with Crippen molar-refractivity contribution in [2.24, 2.45) is 0 Å². The molecule has 3 heterocycles. The maximum Gasteiger partial charge on any atom is 0.270 e. The minimum absolute atomic E-state index is 0.0450. The van der Waals surface area contributed by atoms with Crippen LogP contribution in [0, 0.1) is 0 Å². The van der Waals surface area contributed by atoms with E-state index in [9.17, 15) is 21.6 Å². The van der Waals surface area contributed by atoms with Gasteiger partial charge in [0, 0.05) is 24.0 Å². The standard InChI is InChI=1S/C14H19N3O5S2/c18-14(17-12-3-6-24(21,22)9-12)13-7-10(1-4-15-13)16-11-2-5-23(19,20)8-11/h1,4,7,11-12H,2-3,5-6,8-9H2,(H,15,16)(H,17,18). The summed E-state index contributed by atoms with van der Waals surface area (Å²) in [6, 6.07) is 2.65. The van der Waals surface area contributed by atoms with E-state index in [1.165, 1.54) is 6.20 Å². The minimum Gasteiger partial charge on any atom is -0.381 e. The summed E-state index contributed by atoms with van der Waals surface area (Å²) in [5, 5.41) is 5.78. The number of rotatable bonds is 4. The van der Waals surface area contributed by atoms with E-state index in [1.807, 2.05) is 0 Å². The maximum absolute atomic E-state index is 12.2. The number of carbonyl (C=O) groups is 1. The quantitative estimate of drug-likeness (QED) is 0.736. The maximum atomic E-state index is 12.2. The second kappa shape index (κ2) is 6.32. The highest BCUT2D eigenvalue weighted by Crippen LogP contribution is 2.18. The largest absolute Gasteiger partial charge is 0.381 e. The highest BCUT2D eigenvalue weighted by atomic mass is 32.2. The monoisotopic (exact) mass is 373 g/mol. The first-order chi connectivity index (χ1) is 11.2. The summed E-state index contributed by atoms with van der Waals surface area (Å²) in [4.78, 5) is 16.2. The summed E-state index contributed by atoms with van der Waals surface area (Å²) >= 11 is 0. The molecule has 0 spiro atoms. The average Bonchev–Trinajstić information content (AvgIpc) is 3.00. The van der Waals surface area contributed by atoms with Crippen molar-refractivity contribution >= 4 is 31.3 Å². The summed E-state index contributed by atoms with van der Waals surface area (Å²) in [6.07, 6.45) is 2.41. The van der Waals surface area contributed by atoms with Gasteiger partial charge in [-0.15, -0.1) is 0 Å². The summed E-state index contributed by atoms with van der Waals surface area (Å²) in [5.74, 6) is -0.143. The van der Waals surface area contributed by atoms with E-state index in [1.54, 1.807) is 12.1 Å². The molecular formula is C14H19N3O5S2. The molecule has 2 N–H and O–H groups in total. The topological polar surface area (TPSA) is 122 Å². The normalized spacial score (nSPS) is 27.7. The van der Waals surface area contributed by atoms with E-state index in [0.717, 1.165) is 0 Å². The lowest BCUT2D eigenvalue weighted by Gasteiger charge is -2.14. The van der Waals surface area contributed by atoms with Crippen molar-refractivity contribution in [3.05, 3.63) is 24.0 Å². The molecule has 3 rings (SSSR count). The third kappa shape index (κ3) is 4.23. The van der Waals surface area contributed by atoms with Crippen LogP contribution >= 0.6 is 0 Å². The number of pyridine rings is 1. The molecule has 2 aliphatic rings. The van der Waals surface area contributed by atoms with Crippen molar-refractivity contribution in [1.29, 1.82) is 0 Å². The van der Waals surface area contributed by atoms with Crippen molar-refractivity contribution in [2.75, 3.05) is 28.3 Å². The fourth-order valence-electron chi connectivity index (χ4n) is 2.96. The Labute approximate surface area is 140 Å². The van der Waals surface area contributed by atoms with E-state index in [0.29, 0.717) is 18.5 Å². The average molecular weight is 373 g/mol. The predicted molar refractivity (Wildman–Crippen MR) is 89.4 cm³/mol. The Bertz CT molecular complexity index is 851. The van der Waals surface area contributed by atoms with Crippen molar-refractivity contribution in [3.63, 3.8) is 0 Å². The number of anilines is 1. The molecule has 2 atom stereocenters. The number of carbonyl (C=O) groups excluding carboxylic acids is 1. The van der Waals surface area contributed by atoms with Gasteiger partial charge in [-0.2, -0.15) is 0 Å². The summed E-state index contributed by atoms with van der Waals surface area (Å²) < 4.78 is 45.8. The molecule has 2 fully saturated rings. The van der Waals surface area contributed by atoms with Crippen molar-refractivity contribution in [1.82, 2.24) is 10.3 Å². The number of hydrogen-bond donors (Lipinski definition) is 2. The molecule has 132 valence electrons. The van der Waals surface area contributed by atoms with Gasteiger partial charge in [-0.05, 0) is 25.0 Å². The van der Waals surface area contributed by atoms with Gasteiger partial charge in [-0.3, -0.25) is 9.78 Å².